The Morgan fingerprint density at radius 1 is 1.30 bits per heavy atom. The molecule has 49 valence electrons. The summed E-state index contributed by atoms with van der Waals surface area (Å²) in [5, 5.41) is 8.48. The highest BCUT2D eigenvalue weighted by molar-refractivity contribution is 9.11. The Morgan fingerprint density at radius 2 is 1.80 bits per heavy atom. The largest absolute Gasteiger partial charge is 0.192 e. The first kappa shape index (κ1) is 7.77. The van der Waals surface area contributed by atoms with Gasteiger partial charge in [0.2, 0.25) is 0 Å². The summed E-state index contributed by atoms with van der Waals surface area (Å²) in [6, 6.07) is 8.38. The monoisotopic (exact) mass is 258 g/mol. The number of nitrogens with zero attached hydrogens (tertiary/aromatic N) is 1. The number of nitriles is 1. The summed E-state index contributed by atoms with van der Waals surface area (Å²) in [5.41, 5.74) is 0.623. The van der Waals surface area contributed by atoms with Crippen LogP contribution < -0.4 is 0 Å². The lowest BCUT2D eigenvalue weighted by Crippen LogP contribution is -1.74. The molecular formula is C7H2Br2N. The average molecular weight is 260 g/mol. The molecule has 0 aliphatic heterocycles. The van der Waals surface area contributed by atoms with Crippen molar-refractivity contribution in [2.24, 2.45) is 0 Å². The second kappa shape index (κ2) is 3.18. The van der Waals surface area contributed by atoms with Crippen LogP contribution in [0, 0.1) is 17.4 Å². The van der Waals surface area contributed by atoms with E-state index in [1.807, 2.05) is 6.07 Å². The van der Waals surface area contributed by atoms with Crippen LogP contribution in [-0.4, -0.2) is 0 Å². The van der Waals surface area contributed by atoms with Crippen molar-refractivity contribution in [3.05, 3.63) is 32.7 Å². The van der Waals surface area contributed by atoms with Gasteiger partial charge >= 0.3 is 0 Å². The van der Waals surface area contributed by atoms with Gasteiger partial charge in [0, 0.05) is 15.0 Å². The van der Waals surface area contributed by atoms with Gasteiger partial charge in [-0.25, -0.2) is 0 Å². The van der Waals surface area contributed by atoms with E-state index in [-0.39, 0.29) is 0 Å². The third kappa shape index (κ3) is 1.83. The zero-order valence-corrected chi connectivity index (χ0v) is 8.03. The number of hydrogen-bond acceptors (Lipinski definition) is 1. The van der Waals surface area contributed by atoms with Gasteiger partial charge in [0.1, 0.15) is 0 Å². The number of halogens is 2. The Balaban J connectivity index is 3.22. The summed E-state index contributed by atoms with van der Waals surface area (Å²) >= 11 is 6.43. The van der Waals surface area contributed by atoms with E-state index in [9.17, 15) is 0 Å². The van der Waals surface area contributed by atoms with Crippen LogP contribution >= 0.6 is 31.9 Å². The van der Waals surface area contributed by atoms with E-state index in [1.165, 1.54) is 0 Å². The molecule has 1 aromatic rings. The topological polar surface area (TPSA) is 23.8 Å². The van der Waals surface area contributed by atoms with Crippen molar-refractivity contribution in [3.8, 4) is 6.07 Å². The highest BCUT2D eigenvalue weighted by Gasteiger charge is 1.94. The van der Waals surface area contributed by atoms with Crippen LogP contribution in [0.3, 0.4) is 0 Å². The van der Waals surface area contributed by atoms with E-state index in [0.29, 0.717) is 5.56 Å². The van der Waals surface area contributed by atoms with Crippen molar-refractivity contribution in [1.82, 2.24) is 0 Å². The zero-order valence-electron chi connectivity index (χ0n) is 4.86. The molecule has 0 bridgehead atoms. The molecule has 3 heteroatoms. The van der Waals surface area contributed by atoms with E-state index in [0.717, 1.165) is 8.95 Å². The van der Waals surface area contributed by atoms with Crippen molar-refractivity contribution >= 4 is 31.9 Å². The maximum Gasteiger partial charge on any atom is 0.0992 e. The maximum atomic E-state index is 8.48. The quantitative estimate of drug-likeness (QED) is 0.703. The summed E-state index contributed by atoms with van der Waals surface area (Å²) in [6.45, 7) is 0. The molecule has 10 heavy (non-hydrogen) atoms. The zero-order chi connectivity index (χ0) is 7.56. The fourth-order valence-corrected chi connectivity index (χ4v) is 1.75. The number of hydrogen-bond donors (Lipinski definition) is 0. The molecule has 0 aliphatic rings. The SMILES string of the molecule is N#Cc1cc(Br)[c]c(Br)c1. The predicted octanol–water partition coefficient (Wildman–Crippen LogP) is 2.88. The lowest BCUT2D eigenvalue weighted by molar-refractivity contribution is 1.46. The first-order chi connectivity index (χ1) is 4.72. The van der Waals surface area contributed by atoms with E-state index < -0.39 is 0 Å². The van der Waals surface area contributed by atoms with Crippen LogP contribution in [0.4, 0.5) is 0 Å². The Hall–Kier alpha value is -0.330. The van der Waals surface area contributed by atoms with Gasteiger partial charge in [-0.1, -0.05) is 31.9 Å². The van der Waals surface area contributed by atoms with Gasteiger partial charge in [-0.2, -0.15) is 5.26 Å². The third-order valence-corrected chi connectivity index (χ3v) is 1.79. The van der Waals surface area contributed by atoms with Crippen LogP contribution in [0.2, 0.25) is 0 Å². The fourth-order valence-electron chi connectivity index (χ4n) is 0.566. The van der Waals surface area contributed by atoms with Crippen LogP contribution in [0.1, 0.15) is 5.56 Å². The van der Waals surface area contributed by atoms with Gasteiger partial charge in [0.15, 0.2) is 0 Å². The molecule has 0 heterocycles. The Morgan fingerprint density at radius 3 is 2.20 bits per heavy atom. The minimum absolute atomic E-state index is 0.623. The maximum absolute atomic E-state index is 8.48. The lowest BCUT2D eigenvalue weighted by atomic mass is 10.2. The molecule has 0 saturated carbocycles. The molecule has 0 unspecified atom stereocenters. The highest BCUT2D eigenvalue weighted by Crippen LogP contribution is 2.18. The summed E-state index contributed by atoms with van der Waals surface area (Å²) < 4.78 is 1.58. The first-order valence-corrected chi connectivity index (χ1v) is 4.09. The third-order valence-electron chi connectivity index (χ3n) is 0.932. The predicted molar refractivity (Wildman–Crippen MR) is 45.4 cm³/mol. The van der Waals surface area contributed by atoms with Gasteiger partial charge in [0.25, 0.3) is 0 Å². The summed E-state index contributed by atoms with van der Waals surface area (Å²) in [4.78, 5) is 0. The van der Waals surface area contributed by atoms with Crippen molar-refractivity contribution in [3.63, 3.8) is 0 Å². The molecule has 0 atom stereocenters. The Labute approximate surface area is 75.9 Å². The minimum Gasteiger partial charge on any atom is -0.192 e. The van der Waals surface area contributed by atoms with E-state index >= 15 is 0 Å². The van der Waals surface area contributed by atoms with Gasteiger partial charge in [-0.15, -0.1) is 0 Å². The highest BCUT2D eigenvalue weighted by atomic mass is 79.9. The summed E-state index contributed by atoms with van der Waals surface area (Å²) in [5.74, 6) is 0. The number of rotatable bonds is 0. The Bertz CT molecular complexity index is 268. The molecule has 1 nitrogen and oxygen atoms in total. The molecule has 1 aromatic carbocycles. The summed E-state index contributed by atoms with van der Waals surface area (Å²) in [6.07, 6.45) is 0. The Kier molecular flexibility index (Phi) is 2.47. The van der Waals surface area contributed by atoms with Gasteiger partial charge in [-0.3, -0.25) is 0 Å². The molecule has 0 aromatic heterocycles. The van der Waals surface area contributed by atoms with Gasteiger partial charge < -0.3 is 0 Å². The minimum atomic E-state index is 0.623. The van der Waals surface area contributed by atoms with Crippen LogP contribution in [0.15, 0.2) is 21.1 Å². The standard InChI is InChI=1S/C7H2Br2N/c8-6-1-5(4-10)2-7(9)3-6/h1-2H. The van der Waals surface area contributed by atoms with E-state index in [2.05, 4.69) is 37.9 Å². The van der Waals surface area contributed by atoms with E-state index in [1.54, 1.807) is 12.1 Å². The molecule has 0 N–H and O–H groups in total. The molecule has 0 aliphatic carbocycles. The smallest absolute Gasteiger partial charge is 0.0992 e. The van der Waals surface area contributed by atoms with Crippen molar-refractivity contribution < 1.29 is 0 Å². The molecule has 1 radical (unpaired) electrons. The van der Waals surface area contributed by atoms with Gasteiger partial charge in [-0.05, 0) is 12.1 Å². The second-order valence-corrected chi connectivity index (χ2v) is 3.39. The van der Waals surface area contributed by atoms with Crippen LogP contribution in [0.25, 0.3) is 0 Å². The fraction of sp³-hybridized carbons (Fsp3) is 0. The normalized spacial score (nSPS) is 8.90. The molecule has 0 fully saturated rings. The molecule has 0 amide bonds. The van der Waals surface area contributed by atoms with Crippen molar-refractivity contribution in [2.75, 3.05) is 0 Å². The lowest BCUT2D eigenvalue weighted by Gasteiger charge is -1.91. The molecular weight excluding hydrogens is 258 g/mol. The second-order valence-electron chi connectivity index (χ2n) is 1.68. The van der Waals surface area contributed by atoms with Crippen LogP contribution in [-0.2, 0) is 0 Å². The molecule has 0 saturated heterocycles. The number of benzene rings is 1. The molecule has 0 spiro atoms. The van der Waals surface area contributed by atoms with Crippen LogP contribution in [0.5, 0.6) is 0 Å². The van der Waals surface area contributed by atoms with E-state index in [4.69, 9.17) is 5.26 Å². The van der Waals surface area contributed by atoms with Gasteiger partial charge in [0.05, 0.1) is 11.6 Å². The first-order valence-electron chi connectivity index (χ1n) is 2.51. The van der Waals surface area contributed by atoms with Crippen molar-refractivity contribution in [2.45, 2.75) is 0 Å². The average Bonchev–Trinajstić information content (AvgIpc) is 1.85. The summed E-state index contributed by atoms with van der Waals surface area (Å²) in [7, 11) is 0. The molecule has 1 rings (SSSR count). The van der Waals surface area contributed by atoms with Crippen molar-refractivity contribution in [1.29, 1.82) is 5.26 Å².